The molecule has 0 bridgehead atoms. The first-order valence-electron chi connectivity index (χ1n) is 7.35. The van der Waals surface area contributed by atoms with E-state index in [-0.39, 0.29) is 0 Å². The zero-order chi connectivity index (χ0) is 13.7. The second kappa shape index (κ2) is 6.70. The first kappa shape index (κ1) is 14.1. The van der Waals surface area contributed by atoms with Crippen LogP contribution in [0.25, 0.3) is 0 Å². The van der Waals surface area contributed by atoms with Gasteiger partial charge in [0.05, 0.1) is 0 Å². The second-order valence-electron chi connectivity index (χ2n) is 5.37. The van der Waals surface area contributed by atoms with Crippen LogP contribution in [0.3, 0.4) is 0 Å². The van der Waals surface area contributed by atoms with Crippen LogP contribution < -0.4 is 16.6 Å². The number of nitrogens with zero attached hydrogens (tertiary/aromatic N) is 2. The summed E-state index contributed by atoms with van der Waals surface area (Å²) in [6.45, 7) is 4.38. The molecule has 0 amide bonds. The van der Waals surface area contributed by atoms with Crippen LogP contribution in [0.2, 0.25) is 0 Å². The lowest BCUT2D eigenvalue weighted by Gasteiger charge is -2.20. The molecule has 1 fully saturated rings. The maximum Gasteiger partial charge on any atom is 0.148 e. The topological polar surface area (TPSA) is 75.9 Å². The van der Waals surface area contributed by atoms with Gasteiger partial charge in [-0.3, -0.25) is 0 Å². The van der Waals surface area contributed by atoms with E-state index in [1.54, 1.807) is 6.33 Å². The molecule has 0 aliphatic heterocycles. The maximum atomic E-state index is 5.54. The molecule has 5 nitrogen and oxygen atoms in total. The largest absolute Gasteiger partial charge is 0.367 e. The van der Waals surface area contributed by atoms with Crippen molar-refractivity contribution in [2.24, 2.45) is 11.8 Å². The van der Waals surface area contributed by atoms with Gasteiger partial charge in [0, 0.05) is 11.6 Å². The Morgan fingerprint density at radius 2 is 2.05 bits per heavy atom. The average molecular weight is 263 g/mol. The number of nitrogen functional groups attached to an aromatic ring is 1. The van der Waals surface area contributed by atoms with Crippen molar-refractivity contribution in [2.75, 3.05) is 10.7 Å². The minimum Gasteiger partial charge on any atom is -0.367 e. The number of hydrogen-bond acceptors (Lipinski definition) is 5. The zero-order valence-corrected chi connectivity index (χ0v) is 11.9. The zero-order valence-electron chi connectivity index (χ0n) is 11.9. The Labute approximate surface area is 115 Å². The van der Waals surface area contributed by atoms with Gasteiger partial charge in [-0.1, -0.05) is 33.1 Å². The van der Waals surface area contributed by atoms with Gasteiger partial charge in [0.15, 0.2) is 0 Å². The minimum atomic E-state index is 0.503. The summed E-state index contributed by atoms with van der Waals surface area (Å²) in [5.41, 5.74) is 3.77. The Kier molecular flexibility index (Phi) is 4.96. The lowest BCUT2D eigenvalue weighted by molar-refractivity contribution is 0.584. The van der Waals surface area contributed by atoms with Crippen molar-refractivity contribution in [1.29, 1.82) is 0 Å². The van der Waals surface area contributed by atoms with Gasteiger partial charge in [0.1, 0.15) is 18.0 Å². The first-order chi connectivity index (χ1) is 9.28. The normalized spacial score (nSPS) is 16.2. The van der Waals surface area contributed by atoms with Crippen molar-refractivity contribution in [1.82, 2.24) is 9.97 Å². The quantitative estimate of drug-likeness (QED) is 0.496. The van der Waals surface area contributed by atoms with Gasteiger partial charge in [-0.05, 0) is 25.2 Å². The molecule has 1 aromatic rings. The average Bonchev–Trinajstić information content (AvgIpc) is 3.24. The van der Waals surface area contributed by atoms with Crippen molar-refractivity contribution in [3.8, 4) is 0 Å². The second-order valence-corrected chi connectivity index (χ2v) is 5.37. The van der Waals surface area contributed by atoms with Gasteiger partial charge < -0.3 is 10.7 Å². The number of hydrazine groups is 1. The van der Waals surface area contributed by atoms with Gasteiger partial charge in [-0.25, -0.2) is 15.8 Å². The highest BCUT2D eigenvalue weighted by atomic mass is 15.3. The summed E-state index contributed by atoms with van der Waals surface area (Å²) in [5.74, 6) is 8.13. The fraction of sp³-hybridized carbons (Fsp3) is 0.714. The molecule has 106 valence electrons. The van der Waals surface area contributed by atoms with Gasteiger partial charge in [0.2, 0.25) is 0 Å². The highest BCUT2D eigenvalue weighted by Crippen LogP contribution is 2.35. The van der Waals surface area contributed by atoms with Crippen LogP contribution in [0.15, 0.2) is 6.33 Å². The third-order valence-corrected chi connectivity index (χ3v) is 3.73. The molecule has 1 aromatic heterocycles. The lowest BCUT2D eigenvalue weighted by Crippen LogP contribution is -2.22. The minimum absolute atomic E-state index is 0.503. The van der Waals surface area contributed by atoms with Crippen LogP contribution in [0.1, 0.15) is 51.5 Å². The molecular formula is C14H25N5. The maximum absolute atomic E-state index is 5.54. The fourth-order valence-electron chi connectivity index (χ4n) is 2.42. The molecule has 19 heavy (non-hydrogen) atoms. The number of nitrogens with two attached hydrogens (primary N) is 1. The van der Waals surface area contributed by atoms with E-state index in [0.29, 0.717) is 6.04 Å². The Morgan fingerprint density at radius 3 is 2.63 bits per heavy atom. The summed E-state index contributed by atoms with van der Waals surface area (Å²) in [5, 5.41) is 3.58. The van der Waals surface area contributed by atoms with E-state index in [9.17, 15) is 0 Å². The molecule has 5 heteroatoms. The predicted octanol–water partition coefficient (Wildman–Crippen LogP) is 2.71. The van der Waals surface area contributed by atoms with Crippen molar-refractivity contribution < 1.29 is 0 Å². The highest BCUT2D eigenvalue weighted by molar-refractivity contribution is 5.57. The number of anilines is 2. The molecule has 0 radical (unpaired) electrons. The van der Waals surface area contributed by atoms with Crippen LogP contribution in [0, 0.1) is 5.92 Å². The molecule has 0 spiro atoms. The van der Waals surface area contributed by atoms with Gasteiger partial charge in [-0.2, -0.15) is 0 Å². The molecule has 1 heterocycles. The molecular weight excluding hydrogens is 238 g/mol. The Balaban J connectivity index is 2.12. The molecule has 0 saturated heterocycles. The highest BCUT2D eigenvalue weighted by Gasteiger charge is 2.25. The molecule has 1 atom stereocenters. The van der Waals surface area contributed by atoms with Crippen LogP contribution in [-0.4, -0.2) is 16.0 Å². The molecule has 1 aliphatic rings. The number of rotatable bonds is 8. The summed E-state index contributed by atoms with van der Waals surface area (Å²) < 4.78 is 0. The number of hydrogen-bond donors (Lipinski definition) is 3. The monoisotopic (exact) mass is 263 g/mol. The van der Waals surface area contributed by atoms with Gasteiger partial charge in [0.25, 0.3) is 0 Å². The Hall–Kier alpha value is -1.36. The smallest absolute Gasteiger partial charge is 0.148 e. The van der Waals surface area contributed by atoms with E-state index in [4.69, 9.17) is 5.84 Å². The molecule has 1 unspecified atom stereocenters. The van der Waals surface area contributed by atoms with E-state index < -0.39 is 0 Å². The summed E-state index contributed by atoms with van der Waals surface area (Å²) in [4.78, 5) is 8.60. The van der Waals surface area contributed by atoms with Crippen LogP contribution in [0.5, 0.6) is 0 Å². The van der Waals surface area contributed by atoms with Gasteiger partial charge >= 0.3 is 0 Å². The molecule has 1 saturated carbocycles. The van der Waals surface area contributed by atoms with Crippen molar-refractivity contribution in [2.45, 2.75) is 58.4 Å². The van der Waals surface area contributed by atoms with E-state index in [0.717, 1.165) is 42.4 Å². The van der Waals surface area contributed by atoms with Crippen molar-refractivity contribution >= 4 is 11.6 Å². The van der Waals surface area contributed by atoms with Crippen molar-refractivity contribution in [3.05, 3.63) is 11.9 Å². The van der Waals surface area contributed by atoms with E-state index in [1.807, 2.05) is 0 Å². The Morgan fingerprint density at radius 1 is 1.32 bits per heavy atom. The third-order valence-electron chi connectivity index (χ3n) is 3.73. The summed E-state index contributed by atoms with van der Waals surface area (Å²) in [6.07, 6.45) is 8.70. The number of aromatic nitrogens is 2. The van der Waals surface area contributed by atoms with Crippen molar-refractivity contribution in [3.63, 3.8) is 0 Å². The van der Waals surface area contributed by atoms with E-state index >= 15 is 0 Å². The molecule has 0 aromatic carbocycles. The van der Waals surface area contributed by atoms with Crippen LogP contribution in [-0.2, 0) is 6.42 Å². The molecule has 4 N–H and O–H groups in total. The summed E-state index contributed by atoms with van der Waals surface area (Å²) >= 11 is 0. The van der Waals surface area contributed by atoms with E-state index in [1.165, 1.54) is 19.3 Å². The number of nitrogens with one attached hydrogen (secondary N) is 2. The Bertz CT molecular complexity index is 403. The molecule has 2 rings (SSSR count). The van der Waals surface area contributed by atoms with E-state index in [2.05, 4.69) is 34.6 Å². The summed E-state index contributed by atoms with van der Waals surface area (Å²) in [6, 6.07) is 0.503. The lowest BCUT2D eigenvalue weighted by atomic mass is 10.1. The molecule has 1 aliphatic carbocycles. The standard InChI is InChI=1S/C14H25N5/c1-3-5-12-13(16-9-17-14(12)19-15)18-11(4-2)8-10-6-7-10/h9-11H,3-8,15H2,1-2H3,(H2,16,17,18,19). The SMILES string of the molecule is CCCc1c(NN)ncnc1NC(CC)CC1CC1. The predicted molar refractivity (Wildman–Crippen MR) is 78.9 cm³/mol. The van der Waals surface area contributed by atoms with Crippen LogP contribution in [0.4, 0.5) is 11.6 Å². The summed E-state index contributed by atoms with van der Waals surface area (Å²) in [7, 11) is 0. The fourth-order valence-corrected chi connectivity index (χ4v) is 2.42. The van der Waals surface area contributed by atoms with Gasteiger partial charge in [-0.15, -0.1) is 0 Å². The first-order valence-corrected chi connectivity index (χ1v) is 7.35. The van der Waals surface area contributed by atoms with Crippen LogP contribution >= 0.6 is 0 Å². The third kappa shape index (κ3) is 3.80.